The predicted molar refractivity (Wildman–Crippen MR) is 67.5 cm³/mol. The topological polar surface area (TPSA) is 43.4 Å². The van der Waals surface area contributed by atoms with Crippen LogP contribution in [0, 0.1) is 0 Å². The van der Waals surface area contributed by atoms with E-state index < -0.39 is 0 Å². The molecule has 1 saturated heterocycles. The van der Waals surface area contributed by atoms with Gasteiger partial charge in [0, 0.05) is 18.7 Å². The van der Waals surface area contributed by atoms with Gasteiger partial charge < -0.3 is 14.8 Å². The molecular formula is C13H20N2O2. The van der Waals surface area contributed by atoms with Crippen molar-refractivity contribution in [2.24, 2.45) is 0 Å². The molecular weight excluding hydrogens is 216 g/mol. The summed E-state index contributed by atoms with van der Waals surface area (Å²) < 4.78 is 10.8. The van der Waals surface area contributed by atoms with Crippen LogP contribution >= 0.6 is 0 Å². The third kappa shape index (κ3) is 3.33. The summed E-state index contributed by atoms with van der Waals surface area (Å²) in [5.41, 5.74) is -0.0468. The minimum absolute atomic E-state index is 0.0468. The molecule has 4 nitrogen and oxygen atoms in total. The Kier molecular flexibility index (Phi) is 3.52. The van der Waals surface area contributed by atoms with Crippen LogP contribution in [0.3, 0.4) is 0 Å². The van der Waals surface area contributed by atoms with Gasteiger partial charge in [-0.05, 0) is 32.8 Å². The zero-order valence-corrected chi connectivity index (χ0v) is 10.7. The molecule has 2 rings (SSSR count). The fourth-order valence-corrected chi connectivity index (χ4v) is 2.17. The van der Waals surface area contributed by atoms with Gasteiger partial charge in [0.2, 0.25) is 5.88 Å². The van der Waals surface area contributed by atoms with Crippen LogP contribution in [0.1, 0.15) is 26.7 Å². The Bertz CT molecular complexity index is 379. The summed E-state index contributed by atoms with van der Waals surface area (Å²) >= 11 is 0. The lowest BCUT2D eigenvalue weighted by Gasteiger charge is -2.36. The summed E-state index contributed by atoms with van der Waals surface area (Å²) in [7, 11) is 1.63. The number of methoxy groups -OCH3 is 1. The number of ether oxygens (including phenoxy) is 2. The summed E-state index contributed by atoms with van der Waals surface area (Å²) in [6.45, 7) is 5.05. The zero-order valence-electron chi connectivity index (χ0n) is 10.7. The minimum atomic E-state index is -0.0468. The molecule has 1 aliphatic rings. The first-order valence-electron chi connectivity index (χ1n) is 6.01. The summed E-state index contributed by atoms with van der Waals surface area (Å²) in [5.74, 6) is 1.51. The van der Waals surface area contributed by atoms with E-state index >= 15 is 0 Å². The van der Waals surface area contributed by atoms with Gasteiger partial charge in [-0.1, -0.05) is 6.07 Å². The molecule has 1 fully saturated rings. The first-order chi connectivity index (χ1) is 8.09. The maximum absolute atomic E-state index is 5.69. The fraction of sp³-hybridized carbons (Fsp3) is 0.615. The normalized spacial score (nSPS) is 23.1. The molecule has 1 unspecified atom stereocenters. The smallest absolute Gasteiger partial charge is 0.214 e. The molecule has 0 saturated carbocycles. The third-order valence-electron chi connectivity index (χ3n) is 2.98. The number of hydrogen-bond acceptors (Lipinski definition) is 4. The van der Waals surface area contributed by atoms with Crippen LogP contribution in [0.4, 0.5) is 5.82 Å². The number of rotatable bonds is 3. The SMILES string of the molecule is COc1cccc(NC2CCOC(C)(C)C2)n1. The van der Waals surface area contributed by atoms with Crippen molar-refractivity contribution in [3.05, 3.63) is 18.2 Å². The Morgan fingerprint density at radius 1 is 1.47 bits per heavy atom. The van der Waals surface area contributed by atoms with Gasteiger partial charge in [0.05, 0.1) is 12.7 Å². The Labute approximate surface area is 102 Å². The molecule has 0 amide bonds. The van der Waals surface area contributed by atoms with Crippen molar-refractivity contribution >= 4 is 5.82 Å². The summed E-state index contributed by atoms with van der Waals surface area (Å²) in [6, 6.07) is 6.17. The second kappa shape index (κ2) is 4.92. The van der Waals surface area contributed by atoms with E-state index in [2.05, 4.69) is 24.1 Å². The van der Waals surface area contributed by atoms with Crippen LogP contribution in [0.5, 0.6) is 5.88 Å². The average Bonchev–Trinajstić information content (AvgIpc) is 2.28. The van der Waals surface area contributed by atoms with E-state index in [1.54, 1.807) is 7.11 Å². The largest absolute Gasteiger partial charge is 0.481 e. The lowest BCUT2D eigenvalue weighted by atomic mass is 9.94. The van der Waals surface area contributed by atoms with Crippen molar-refractivity contribution in [2.45, 2.75) is 38.3 Å². The Morgan fingerprint density at radius 2 is 2.29 bits per heavy atom. The number of hydrogen-bond donors (Lipinski definition) is 1. The molecule has 0 spiro atoms. The van der Waals surface area contributed by atoms with Crippen molar-refractivity contribution in [3.8, 4) is 5.88 Å². The molecule has 1 N–H and O–H groups in total. The Hall–Kier alpha value is -1.29. The van der Waals surface area contributed by atoms with Crippen LogP contribution in [0.15, 0.2) is 18.2 Å². The molecule has 0 bridgehead atoms. The summed E-state index contributed by atoms with van der Waals surface area (Å²) in [5, 5.41) is 3.44. The fourth-order valence-electron chi connectivity index (χ4n) is 2.17. The van der Waals surface area contributed by atoms with Crippen molar-refractivity contribution in [1.82, 2.24) is 4.98 Å². The predicted octanol–water partition coefficient (Wildman–Crippen LogP) is 2.46. The van der Waals surface area contributed by atoms with E-state index in [4.69, 9.17) is 9.47 Å². The monoisotopic (exact) mass is 236 g/mol. The van der Waals surface area contributed by atoms with Gasteiger partial charge in [0.1, 0.15) is 5.82 Å². The minimum Gasteiger partial charge on any atom is -0.481 e. The van der Waals surface area contributed by atoms with Crippen LogP contribution in [0.2, 0.25) is 0 Å². The van der Waals surface area contributed by atoms with E-state index in [-0.39, 0.29) is 5.60 Å². The van der Waals surface area contributed by atoms with E-state index in [0.29, 0.717) is 11.9 Å². The second-order valence-electron chi connectivity index (χ2n) is 5.01. The van der Waals surface area contributed by atoms with Gasteiger partial charge >= 0.3 is 0 Å². The van der Waals surface area contributed by atoms with Gasteiger partial charge in [-0.3, -0.25) is 0 Å². The van der Waals surface area contributed by atoms with Crippen molar-refractivity contribution < 1.29 is 9.47 Å². The van der Waals surface area contributed by atoms with E-state index in [1.807, 2.05) is 18.2 Å². The van der Waals surface area contributed by atoms with E-state index in [9.17, 15) is 0 Å². The van der Waals surface area contributed by atoms with Crippen molar-refractivity contribution in [2.75, 3.05) is 19.0 Å². The number of pyridine rings is 1. The molecule has 0 aliphatic carbocycles. The first kappa shape index (κ1) is 12.2. The molecule has 1 aromatic heterocycles. The molecule has 2 heterocycles. The highest BCUT2D eigenvalue weighted by atomic mass is 16.5. The average molecular weight is 236 g/mol. The molecule has 0 radical (unpaired) electrons. The lowest BCUT2D eigenvalue weighted by Crippen LogP contribution is -2.40. The maximum atomic E-state index is 5.69. The molecule has 0 aromatic carbocycles. The van der Waals surface area contributed by atoms with Crippen LogP contribution in [0.25, 0.3) is 0 Å². The number of anilines is 1. The maximum Gasteiger partial charge on any atom is 0.214 e. The lowest BCUT2D eigenvalue weighted by molar-refractivity contribution is -0.0553. The van der Waals surface area contributed by atoms with Crippen LogP contribution < -0.4 is 10.1 Å². The second-order valence-corrected chi connectivity index (χ2v) is 5.01. The number of aromatic nitrogens is 1. The van der Waals surface area contributed by atoms with Gasteiger partial charge in [0.15, 0.2) is 0 Å². The molecule has 4 heteroatoms. The van der Waals surface area contributed by atoms with Crippen LogP contribution in [-0.4, -0.2) is 30.3 Å². The van der Waals surface area contributed by atoms with Gasteiger partial charge in [-0.25, -0.2) is 0 Å². The summed E-state index contributed by atoms with van der Waals surface area (Å²) in [6.07, 6.45) is 2.01. The highest BCUT2D eigenvalue weighted by Crippen LogP contribution is 2.26. The standard InChI is InChI=1S/C13H20N2O2/c1-13(2)9-10(7-8-17-13)14-11-5-4-6-12(15-11)16-3/h4-6,10H,7-9H2,1-3H3,(H,14,15). The highest BCUT2D eigenvalue weighted by molar-refractivity contribution is 5.38. The molecule has 1 aliphatic heterocycles. The van der Waals surface area contributed by atoms with Crippen molar-refractivity contribution in [3.63, 3.8) is 0 Å². The summed E-state index contributed by atoms with van der Waals surface area (Å²) in [4.78, 5) is 4.36. The van der Waals surface area contributed by atoms with Crippen molar-refractivity contribution in [1.29, 1.82) is 0 Å². The van der Waals surface area contributed by atoms with Crippen LogP contribution in [-0.2, 0) is 4.74 Å². The third-order valence-corrected chi connectivity index (χ3v) is 2.98. The quantitative estimate of drug-likeness (QED) is 0.875. The number of nitrogens with one attached hydrogen (secondary N) is 1. The Morgan fingerprint density at radius 3 is 3.00 bits per heavy atom. The molecule has 1 atom stereocenters. The highest BCUT2D eigenvalue weighted by Gasteiger charge is 2.28. The van der Waals surface area contributed by atoms with E-state index in [0.717, 1.165) is 25.3 Å². The van der Waals surface area contributed by atoms with Gasteiger partial charge in [0.25, 0.3) is 0 Å². The zero-order chi connectivity index (χ0) is 12.3. The first-order valence-corrected chi connectivity index (χ1v) is 6.01. The molecule has 17 heavy (non-hydrogen) atoms. The van der Waals surface area contributed by atoms with E-state index in [1.165, 1.54) is 0 Å². The Balaban J connectivity index is 2.00. The number of nitrogens with zero attached hydrogens (tertiary/aromatic N) is 1. The van der Waals surface area contributed by atoms with Gasteiger partial charge in [-0.15, -0.1) is 0 Å². The molecule has 1 aromatic rings. The molecule has 94 valence electrons. The van der Waals surface area contributed by atoms with Gasteiger partial charge in [-0.2, -0.15) is 4.98 Å².